The van der Waals surface area contributed by atoms with E-state index >= 15 is 0 Å². The lowest BCUT2D eigenvalue weighted by Gasteiger charge is -2.19. The third-order valence-corrected chi connectivity index (χ3v) is 2.56. The molecule has 0 bridgehead atoms. The fraction of sp³-hybridized carbons (Fsp3) is 0.538. The molecular formula is C13H18F3NO2. The van der Waals surface area contributed by atoms with E-state index in [1.54, 1.807) is 0 Å². The predicted octanol–water partition coefficient (Wildman–Crippen LogP) is 3.64. The zero-order valence-electron chi connectivity index (χ0n) is 11.1. The first kappa shape index (κ1) is 15.6. The van der Waals surface area contributed by atoms with Crippen molar-refractivity contribution in [1.82, 2.24) is 0 Å². The fourth-order valence-electron chi connectivity index (χ4n) is 1.83. The van der Waals surface area contributed by atoms with Crippen molar-refractivity contribution in [3.63, 3.8) is 0 Å². The van der Waals surface area contributed by atoms with Crippen molar-refractivity contribution in [2.24, 2.45) is 11.7 Å². The summed E-state index contributed by atoms with van der Waals surface area (Å²) in [5.41, 5.74) is 6.50. The van der Waals surface area contributed by atoms with Gasteiger partial charge in [0.15, 0.2) is 0 Å². The zero-order valence-corrected chi connectivity index (χ0v) is 11.1. The summed E-state index contributed by atoms with van der Waals surface area (Å²) in [7, 11) is 1.45. The van der Waals surface area contributed by atoms with Crippen LogP contribution in [0.4, 0.5) is 13.2 Å². The van der Waals surface area contributed by atoms with Gasteiger partial charge < -0.3 is 15.2 Å². The summed E-state index contributed by atoms with van der Waals surface area (Å²) in [6, 6.07) is 3.51. The quantitative estimate of drug-likeness (QED) is 0.893. The highest BCUT2D eigenvalue weighted by Gasteiger charge is 2.31. The zero-order chi connectivity index (χ0) is 14.6. The van der Waals surface area contributed by atoms with Gasteiger partial charge in [-0.1, -0.05) is 13.8 Å². The lowest BCUT2D eigenvalue weighted by atomic mass is 9.97. The standard InChI is InChI=1S/C13H18F3NO2/c1-8(2)6-11(17)10-7-9(19-13(14,15)16)4-5-12(10)18-3/h4-5,7-8,11H,6,17H2,1-3H3/t11-/m1/s1. The van der Waals surface area contributed by atoms with E-state index in [0.717, 1.165) is 0 Å². The number of rotatable bonds is 5. The molecule has 0 aliphatic rings. The van der Waals surface area contributed by atoms with Crippen LogP contribution in [0.1, 0.15) is 31.9 Å². The van der Waals surface area contributed by atoms with E-state index in [0.29, 0.717) is 23.7 Å². The predicted molar refractivity (Wildman–Crippen MR) is 66.1 cm³/mol. The largest absolute Gasteiger partial charge is 0.573 e. The van der Waals surface area contributed by atoms with Crippen molar-refractivity contribution < 1.29 is 22.6 Å². The van der Waals surface area contributed by atoms with Crippen molar-refractivity contribution >= 4 is 0 Å². The number of methoxy groups -OCH3 is 1. The molecule has 0 unspecified atom stereocenters. The molecule has 6 heteroatoms. The first-order valence-electron chi connectivity index (χ1n) is 5.92. The van der Waals surface area contributed by atoms with E-state index in [-0.39, 0.29) is 5.75 Å². The molecule has 19 heavy (non-hydrogen) atoms. The fourth-order valence-corrected chi connectivity index (χ4v) is 1.83. The van der Waals surface area contributed by atoms with Gasteiger partial charge in [0.05, 0.1) is 7.11 Å². The molecule has 0 saturated heterocycles. The van der Waals surface area contributed by atoms with Crippen LogP contribution in [-0.4, -0.2) is 13.5 Å². The Bertz CT molecular complexity index is 419. The highest BCUT2D eigenvalue weighted by Crippen LogP contribution is 2.33. The van der Waals surface area contributed by atoms with Gasteiger partial charge in [0, 0.05) is 11.6 Å². The van der Waals surface area contributed by atoms with Gasteiger partial charge in [-0.25, -0.2) is 0 Å². The average Bonchev–Trinajstić information content (AvgIpc) is 2.25. The molecule has 1 aromatic carbocycles. The molecule has 108 valence electrons. The second-order valence-corrected chi connectivity index (χ2v) is 4.69. The number of hydrogen-bond donors (Lipinski definition) is 1. The molecule has 1 rings (SSSR count). The molecule has 0 amide bonds. The van der Waals surface area contributed by atoms with Gasteiger partial charge in [0.2, 0.25) is 0 Å². The van der Waals surface area contributed by atoms with Crippen LogP contribution in [0.25, 0.3) is 0 Å². The molecule has 0 aliphatic carbocycles. The Kier molecular flexibility index (Phi) is 5.05. The Morgan fingerprint density at radius 1 is 1.26 bits per heavy atom. The summed E-state index contributed by atoms with van der Waals surface area (Å²) in [6.45, 7) is 3.98. The van der Waals surface area contributed by atoms with E-state index in [1.807, 2.05) is 13.8 Å². The van der Waals surface area contributed by atoms with Crippen LogP contribution in [0.5, 0.6) is 11.5 Å². The minimum atomic E-state index is -4.71. The van der Waals surface area contributed by atoms with Gasteiger partial charge in [-0.05, 0) is 30.5 Å². The van der Waals surface area contributed by atoms with Crippen LogP contribution >= 0.6 is 0 Å². The highest BCUT2D eigenvalue weighted by atomic mass is 19.4. The third-order valence-electron chi connectivity index (χ3n) is 2.56. The second kappa shape index (κ2) is 6.14. The molecule has 0 aromatic heterocycles. The molecular weight excluding hydrogens is 259 g/mol. The van der Waals surface area contributed by atoms with Crippen molar-refractivity contribution in [3.8, 4) is 11.5 Å². The summed E-state index contributed by atoms with van der Waals surface area (Å²) >= 11 is 0. The van der Waals surface area contributed by atoms with Crippen LogP contribution in [-0.2, 0) is 0 Å². The Labute approximate surface area is 110 Å². The van der Waals surface area contributed by atoms with E-state index in [9.17, 15) is 13.2 Å². The van der Waals surface area contributed by atoms with Gasteiger partial charge in [0.25, 0.3) is 0 Å². The Hall–Kier alpha value is -1.43. The smallest absolute Gasteiger partial charge is 0.496 e. The monoisotopic (exact) mass is 277 g/mol. The summed E-state index contributed by atoms with van der Waals surface area (Å²) in [5.74, 6) is 0.497. The molecule has 1 aromatic rings. The Morgan fingerprint density at radius 3 is 2.37 bits per heavy atom. The van der Waals surface area contributed by atoms with Crippen LogP contribution in [0.15, 0.2) is 18.2 Å². The maximum atomic E-state index is 12.2. The normalized spacial score (nSPS) is 13.5. The van der Waals surface area contributed by atoms with Crippen molar-refractivity contribution in [2.45, 2.75) is 32.7 Å². The SMILES string of the molecule is COc1ccc(OC(F)(F)F)cc1[C@H](N)CC(C)C. The lowest BCUT2D eigenvalue weighted by Crippen LogP contribution is -2.18. The van der Waals surface area contributed by atoms with Crippen molar-refractivity contribution in [3.05, 3.63) is 23.8 Å². The number of benzene rings is 1. The minimum Gasteiger partial charge on any atom is -0.496 e. The van der Waals surface area contributed by atoms with E-state index in [4.69, 9.17) is 10.5 Å². The minimum absolute atomic E-state index is 0.289. The second-order valence-electron chi connectivity index (χ2n) is 4.69. The maximum absolute atomic E-state index is 12.2. The molecule has 3 nitrogen and oxygen atoms in total. The first-order valence-corrected chi connectivity index (χ1v) is 5.92. The Morgan fingerprint density at radius 2 is 1.89 bits per heavy atom. The van der Waals surface area contributed by atoms with Gasteiger partial charge in [-0.3, -0.25) is 0 Å². The highest BCUT2D eigenvalue weighted by molar-refractivity contribution is 5.42. The number of ether oxygens (including phenoxy) is 2. The molecule has 0 heterocycles. The first-order chi connectivity index (χ1) is 8.73. The maximum Gasteiger partial charge on any atom is 0.573 e. The molecule has 0 spiro atoms. The van der Waals surface area contributed by atoms with Gasteiger partial charge in [-0.2, -0.15) is 0 Å². The number of alkyl halides is 3. The molecule has 0 aliphatic heterocycles. The topological polar surface area (TPSA) is 44.5 Å². The van der Waals surface area contributed by atoms with Crippen molar-refractivity contribution in [2.75, 3.05) is 7.11 Å². The van der Waals surface area contributed by atoms with Gasteiger partial charge in [-0.15, -0.1) is 13.2 Å². The molecule has 0 fully saturated rings. The van der Waals surface area contributed by atoms with Crippen LogP contribution in [0, 0.1) is 5.92 Å². The van der Waals surface area contributed by atoms with E-state index in [1.165, 1.54) is 25.3 Å². The van der Waals surface area contributed by atoms with Crippen LogP contribution < -0.4 is 15.2 Å². The summed E-state index contributed by atoms with van der Waals surface area (Å²) < 4.78 is 45.5. The van der Waals surface area contributed by atoms with Gasteiger partial charge in [0.1, 0.15) is 11.5 Å². The van der Waals surface area contributed by atoms with Crippen LogP contribution in [0.2, 0.25) is 0 Å². The van der Waals surface area contributed by atoms with Crippen molar-refractivity contribution in [1.29, 1.82) is 0 Å². The summed E-state index contributed by atoms with van der Waals surface area (Å²) in [6.07, 6.45) is -4.07. The number of nitrogens with two attached hydrogens (primary N) is 1. The Balaban J connectivity index is 3.02. The third kappa shape index (κ3) is 4.98. The van der Waals surface area contributed by atoms with Crippen LogP contribution in [0.3, 0.4) is 0 Å². The summed E-state index contributed by atoms with van der Waals surface area (Å²) in [4.78, 5) is 0. The molecule has 1 atom stereocenters. The lowest BCUT2D eigenvalue weighted by molar-refractivity contribution is -0.274. The van der Waals surface area contributed by atoms with Gasteiger partial charge >= 0.3 is 6.36 Å². The molecule has 2 N–H and O–H groups in total. The molecule has 0 radical (unpaired) electrons. The molecule has 0 saturated carbocycles. The summed E-state index contributed by atoms with van der Waals surface area (Å²) in [5, 5.41) is 0. The number of halogens is 3. The number of hydrogen-bond acceptors (Lipinski definition) is 3. The average molecular weight is 277 g/mol. The van der Waals surface area contributed by atoms with E-state index < -0.39 is 12.4 Å². The van der Waals surface area contributed by atoms with E-state index in [2.05, 4.69) is 4.74 Å².